The van der Waals surface area contributed by atoms with Crippen molar-refractivity contribution in [2.75, 3.05) is 20.3 Å². The van der Waals surface area contributed by atoms with Crippen LogP contribution in [0, 0.1) is 13.8 Å². The predicted molar refractivity (Wildman–Crippen MR) is 103 cm³/mol. The number of hydrogen-bond donors (Lipinski definition) is 1. The van der Waals surface area contributed by atoms with Gasteiger partial charge in [-0.3, -0.25) is 9.48 Å². The first-order valence-corrected chi connectivity index (χ1v) is 8.73. The Morgan fingerprint density at radius 2 is 1.70 bits per heavy atom. The number of rotatable bonds is 7. The first-order valence-electron chi connectivity index (χ1n) is 8.73. The summed E-state index contributed by atoms with van der Waals surface area (Å²) in [7, 11) is 3.45. The lowest BCUT2D eigenvalue weighted by molar-refractivity contribution is 0.0947. The van der Waals surface area contributed by atoms with Crippen LogP contribution in [0.25, 0.3) is 5.82 Å². The molecule has 0 fully saturated rings. The molecule has 0 aliphatic rings. The Kier molecular flexibility index (Phi) is 5.49. The number of carbonyl (C=O) groups is 1. The van der Waals surface area contributed by atoms with E-state index in [0.717, 1.165) is 28.7 Å². The highest BCUT2D eigenvalue weighted by molar-refractivity contribution is 5.97. The number of nitrogens with one attached hydrogen (secondary N) is 1. The average molecular weight is 368 g/mol. The van der Waals surface area contributed by atoms with Crippen LogP contribution < -0.4 is 14.8 Å². The van der Waals surface area contributed by atoms with Crippen molar-refractivity contribution in [2.45, 2.75) is 13.8 Å². The number of aryl methyl sites for hydroxylation is 3. The van der Waals surface area contributed by atoms with E-state index in [4.69, 9.17) is 9.47 Å². The lowest BCUT2D eigenvalue weighted by Crippen LogP contribution is -2.29. The standard InChI is InChI=1S/C20H24N4O3/c1-14-5-6-15(2)24(14)20-18(13-22-23(20)3)19(25)21-11-12-27-17-9-7-16(26-4)8-10-17/h5-10,13H,11-12H2,1-4H3,(H,21,25). The third kappa shape index (κ3) is 3.97. The first kappa shape index (κ1) is 18.6. The van der Waals surface area contributed by atoms with Crippen LogP contribution >= 0.6 is 0 Å². The van der Waals surface area contributed by atoms with Gasteiger partial charge in [-0.25, -0.2) is 0 Å². The summed E-state index contributed by atoms with van der Waals surface area (Å²) < 4.78 is 14.5. The number of ether oxygens (including phenoxy) is 2. The monoisotopic (exact) mass is 368 g/mol. The van der Waals surface area contributed by atoms with E-state index >= 15 is 0 Å². The van der Waals surface area contributed by atoms with E-state index in [2.05, 4.69) is 10.4 Å². The molecule has 1 aromatic carbocycles. The molecule has 0 unspecified atom stereocenters. The van der Waals surface area contributed by atoms with Gasteiger partial charge in [0.05, 0.1) is 19.9 Å². The number of amides is 1. The molecule has 1 N–H and O–H groups in total. The zero-order valence-electron chi connectivity index (χ0n) is 16.0. The van der Waals surface area contributed by atoms with Crippen molar-refractivity contribution in [3.63, 3.8) is 0 Å². The van der Waals surface area contributed by atoms with Gasteiger partial charge in [-0.05, 0) is 50.2 Å². The van der Waals surface area contributed by atoms with Crippen molar-refractivity contribution in [2.24, 2.45) is 7.05 Å². The maximum atomic E-state index is 12.6. The van der Waals surface area contributed by atoms with Gasteiger partial charge in [0, 0.05) is 18.4 Å². The minimum Gasteiger partial charge on any atom is -0.497 e. The molecule has 27 heavy (non-hydrogen) atoms. The lowest BCUT2D eigenvalue weighted by atomic mass is 10.3. The molecule has 0 radical (unpaired) electrons. The van der Waals surface area contributed by atoms with Gasteiger partial charge in [-0.1, -0.05) is 0 Å². The van der Waals surface area contributed by atoms with Crippen molar-refractivity contribution in [3.05, 3.63) is 59.5 Å². The van der Waals surface area contributed by atoms with E-state index < -0.39 is 0 Å². The van der Waals surface area contributed by atoms with Crippen molar-refractivity contribution < 1.29 is 14.3 Å². The Bertz CT molecular complexity index is 906. The molecular formula is C20H24N4O3. The van der Waals surface area contributed by atoms with Gasteiger partial charge in [-0.15, -0.1) is 0 Å². The molecule has 7 heteroatoms. The Labute approximate surface area is 158 Å². The number of aromatic nitrogens is 3. The summed E-state index contributed by atoms with van der Waals surface area (Å²) in [4.78, 5) is 12.6. The molecule has 0 saturated heterocycles. The van der Waals surface area contributed by atoms with Gasteiger partial charge in [-0.2, -0.15) is 5.10 Å². The molecule has 0 atom stereocenters. The highest BCUT2D eigenvalue weighted by Gasteiger charge is 2.19. The minimum absolute atomic E-state index is 0.177. The summed E-state index contributed by atoms with van der Waals surface area (Å²) >= 11 is 0. The fourth-order valence-corrected chi connectivity index (χ4v) is 2.96. The predicted octanol–water partition coefficient (Wildman–Crippen LogP) is 2.65. The van der Waals surface area contributed by atoms with E-state index in [1.807, 2.05) is 61.9 Å². The third-order valence-corrected chi connectivity index (χ3v) is 4.35. The molecule has 3 rings (SSSR count). The normalized spacial score (nSPS) is 10.7. The Balaban J connectivity index is 1.62. The highest BCUT2D eigenvalue weighted by Crippen LogP contribution is 2.20. The Morgan fingerprint density at radius 3 is 2.33 bits per heavy atom. The average Bonchev–Trinajstić information content (AvgIpc) is 3.20. The molecule has 2 aromatic heterocycles. The molecule has 7 nitrogen and oxygen atoms in total. The Morgan fingerprint density at radius 1 is 1.07 bits per heavy atom. The summed E-state index contributed by atoms with van der Waals surface area (Å²) in [6, 6.07) is 11.4. The van der Waals surface area contributed by atoms with Gasteiger partial charge in [0.2, 0.25) is 0 Å². The minimum atomic E-state index is -0.177. The molecule has 3 aromatic rings. The zero-order chi connectivity index (χ0) is 19.4. The topological polar surface area (TPSA) is 70.3 Å². The molecule has 0 bridgehead atoms. The van der Waals surface area contributed by atoms with Gasteiger partial charge in [0.25, 0.3) is 5.91 Å². The van der Waals surface area contributed by atoms with Crippen molar-refractivity contribution in [1.29, 1.82) is 0 Å². The van der Waals surface area contributed by atoms with Gasteiger partial charge < -0.3 is 19.4 Å². The third-order valence-electron chi connectivity index (χ3n) is 4.35. The quantitative estimate of drug-likeness (QED) is 0.651. The zero-order valence-corrected chi connectivity index (χ0v) is 16.0. The second kappa shape index (κ2) is 7.99. The smallest absolute Gasteiger partial charge is 0.256 e. The first-order chi connectivity index (χ1) is 13.0. The maximum Gasteiger partial charge on any atom is 0.256 e. The van der Waals surface area contributed by atoms with Crippen LogP contribution in [0.1, 0.15) is 21.7 Å². The SMILES string of the molecule is COc1ccc(OCCNC(=O)c2cnn(C)c2-n2c(C)ccc2C)cc1. The summed E-state index contributed by atoms with van der Waals surface area (Å²) in [5.74, 6) is 2.08. The number of methoxy groups -OCH3 is 1. The Hall–Kier alpha value is -3.22. The van der Waals surface area contributed by atoms with Crippen LogP contribution in [0.3, 0.4) is 0 Å². The summed E-state index contributed by atoms with van der Waals surface area (Å²) in [6.45, 7) is 4.77. The summed E-state index contributed by atoms with van der Waals surface area (Å²) in [5.41, 5.74) is 2.63. The fourth-order valence-electron chi connectivity index (χ4n) is 2.96. The van der Waals surface area contributed by atoms with Crippen molar-refractivity contribution >= 4 is 5.91 Å². The van der Waals surface area contributed by atoms with Gasteiger partial charge in [0.1, 0.15) is 29.5 Å². The maximum absolute atomic E-state index is 12.6. The van der Waals surface area contributed by atoms with Crippen LogP contribution in [0.15, 0.2) is 42.6 Å². The largest absolute Gasteiger partial charge is 0.497 e. The van der Waals surface area contributed by atoms with Crippen LogP contribution in [0.4, 0.5) is 0 Å². The van der Waals surface area contributed by atoms with E-state index in [9.17, 15) is 4.79 Å². The fraction of sp³-hybridized carbons (Fsp3) is 0.300. The number of benzene rings is 1. The summed E-state index contributed by atoms with van der Waals surface area (Å²) in [5, 5.41) is 7.15. The van der Waals surface area contributed by atoms with E-state index in [0.29, 0.717) is 18.7 Å². The van der Waals surface area contributed by atoms with Gasteiger partial charge in [0.15, 0.2) is 0 Å². The van der Waals surface area contributed by atoms with Crippen LogP contribution in [-0.4, -0.2) is 40.5 Å². The van der Waals surface area contributed by atoms with Crippen LogP contribution in [0.5, 0.6) is 11.5 Å². The van der Waals surface area contributed by atoms with Gasteiger partial charge >= 0.3 is 0 Å². The van der Waals surface area contributed by atoms with E-state index in [-0.39, 0.29) is 5.91 Å². The molecule has 0 saturated carbocycles. The lowest BCUT2D eigenvalue weighted by Gasteiger charge is -2.13. The molecule has 1 amide bonds. The molecular weight excluding hydrogens is 344 g/mol. The van der Waals surface area contributed by atoms with Crippen molar-refractivity contribution in [1.82, 2.24) is 19.7 Å². The van der Waals surface area contributed by atoms with E-state index in [1.54, 1.807) is 18.0 Å². The number of nitrogens with zero attached hydrogens (tertiary/aromatic N) is 3. The van der Waals surface area contributed by atoms with Crippen molar-refractivity contribution in [3.8, 4) is 17.3 Å². The summed E-state index contributed by atoms with van der Waals surface area (Å²) in [6.07, 6.45) is 1.59. The molecule has 142 valence electrons. The molecule has 2 heterocycles. The number of carbonyl (C=O) groups excluding carboxylic acids is 1. The van der Waals surface area contributed by atoms with E-state index in [1.165, 1.54) is 0 Å². The molecule has 0 aliphatic carbocycles. The van der Waals surface area contributed by atoms with Crippen LogP contribution in [0.2, 0.25) is 0 Å². The molecule has 0 spiro atoms. The highest BCUT2D eigenvalue weighted by atomic mass is 16.5. The van der Waals surface area contributed by atoms with Crippen LogP contribution in [-0.2, 0) is 7.05 Å². The molecule has 0 aliphatic heterocycles. The second-order valence-electron chi connectivity index (χ2n) is 6.24. The second-order valence-corrected chi connectivity index (χ2v) is 6.24. The number of hydrogen-bond acceptors (Lipinski definition) is 4.